The molecule has 0 fully saturated rings. The smallest absolute Gasteiger partial charge is 0.0139 e. The Bertz CT molecular complexity index is 352. The van der Waals surface area contributed by atoms with Crippen molar-refractivity contribution >= 4 is 0 Å². The van der Waals surface area contributed by atoms with Crippen LogP contribution in [0.1, 0.15) is 37.0 Å². The summed E-state index contributed by atoms with van der Waals surface area (Å²) in [7, 11) is 0. The van der Waals surface area contributed by atoms with Gasteiger partial charge in [0, 0.05) is 6.04 Å². The highest BCUT2D eigenvalue weighted by atomic mass is 15.1. The van der Waals surface area contributed by atoms with Crippen LogP contribution in [-0.2, 0) is 12.8 Å². The molecule has 2 rings (SSSR count). The third-order valence-electron chi connectivity index (χ3n) is 4.02. The summed E-state index contributed by atoms with van der Waals surface area (Å²) < 4.78 is 0. The molecule has 1 nitrogen and oxygen atoms in total. The van der Waals surface area contributed by atoms with Crippen LogP contribution in [0.4, 0.5) is 0 Å². The van der Waals surface area contributed by atoms with Gasteiger partial charge in [-0.15, -0.1) is 0 Å². The first-order valence-corrected chi connectivity index (χ1v) is 6.57. The molecule has 0 spiro atoms. The van der Waals surface area contributed by atoms with Crippen LogP contribution in [-0.4, -0.2) is 24.0 Å². The van der Waals surface area contributed by atoms with E-state index in [4.69, 9.17) is 0 Å². The summed E-state index contributed by atoms with van der Waals surface area (Å²) in [6.07, 6.45) is 3.85. The Kier molecular flexibility index (Phi) is 3.65. The van der Waals surface area contributed by atoms with Crippen LogP contribution in [0.25, 0.3) is 0 Å². The Labute approximate surface area is 99.5 Å². The fourth-order valence-corrected chi connectivity index (χ4v) is 3.00. The minimum absolute atomic E-state index is 0.767. The number of aryl methyl sites for hydroxylation is 2. The van der Waals surface area contributed by atoms with Gasteiger partial charge in [-0.2, -0.15) is 0 Å². The maximum Gasteiger partial charge on any atom is 0.0139 e. The molecule has 0 saturated carbocycles. The summed E-state index contributed by atoms with van der Waals surface area (Å²) in [5, 5.41) is 0. The Balaban J connectivity index is 2.19. The van der Waals surface area contributed by atoms with E-state index >= 15 is 0 Å². The molecule has 88 valence electrons. The second kappa shape index (κ2) is 5.01. The van der Waals surface area contributed by atoms with Crippen LogP contribution in [0, 0.1) is 6.92 Å². The van der Waals surface area contributed by atoms with E-state index in [1.54, 1.807) is 11.1 Å². The quantitative estimate of drug-likeness (QED) is 0.751. The van der Waals surface area contributed by atoms with E-state index in [9.17, 15) is 0 Å². The minimum Gasteiger partial charge on any atom is -0.301 e. The topological polar surface area (TPSA) is 3.24 Å². The predicted octanol–water partition coefficient (Wildman–Crippen LogP) is 3.19. The van der Waals surface area contributed by atoms with Gasteiger partial charge in [-0.05, 0) is 56.0 Å². The van der Waals surface area contributed by atoms with Gasteiger partial charge in [0.25, 0.3) is 0 Å². The summed E-state index contributed by atoms with van der Waals surface area (Å²) in [4.78, 5) is 2.61. The Morgan fingerprint density at radius 3 is 2.69 bits per heavy atom. The number of likely N-dealkylation sites (N-methyl/N-ethyl adjacent to an activating group) is 1. The van der Waals surface area contributed by atoms with Crippen LogP contribution >= 0.6 is 0 Å². The first-order valence-electron chi connectivity index (χ1n) is 6.57. The molecular formula is C15H23N. The van der Waals surface area contributed by atoms with Crippen molar-refractivity contribution in [2.75, 3.05) is 13.1 Å². The number of nitrogens with zero attached hydrogens (tertiary/aromatic N) is 1. The number of hydrogen-bond donors (Lipinski definition) is 0. The summed E-state index contributed by atoms with van der Waals surface area (Å²) in [6.45, 7) is 9.17. The van der Waals surface area contributed by atoms with E-state index in [1.807, 2.05) is 0 Å². The van der Waals surface area contributed by atoms with Gasteiger partial charge in [0.2, 0.25) is 0 Å². The van der Waals surface area contributed by atoms with Gasteiger partial charge >= 0.3 is 0 Å². The lowest BCUT2D eigenvalue weighted by Crippen LogP contribution is -2.39. The molecule has 0 aromatic heterocycles. The SMILES string of the molecule is CCN(CC)[C@@H]1CCc2cccc(C)c2C1. The van der Waals surface area contributed by atoms with Crippen molar-refractivity contribution in [2.24, 2.45) is 0 Å². The van der Waals surface area contributed by atoms with Gasteiger partial charge in [0.05, 0.1) is 0 Å². The zero-order valence-electron chi connectivity index (χ0n) is 10.8. The number of fused-ring (bicyclic) bond motifs is 1. The van der Waals surface area contributed by atoms with Gasteiger partial charge in [-0.1, -0.05) is 32.0 Å². The lowest BCUT2D eigenvalue weighted by Gasteiger charge is -2.34. The Morgan fingerprint density at radius 2 is 2.00 bits per heavy atom. The van der Waals surface area contributed by atoms with Crippen molar-refractivity contribution in [3.63, 3.8) is 0 Å². The normalized spacial score (nSPS) is 19.9. The van der Waals surface area contributed by atoms with Crippen molar-refractivity contribution in [3.05, 3.63) is 34.9 Å². The van der Waals surface area contributed by atoms with Gasteiger partial charge in [0.1, 0.15) is 0 Å². The molecule has 0 saturated heterocycles. The monoisotopic (exact) mass is 217 g/mol. The highest BCUT2D eigenvalue weighted by Crippen LogP contribution is 2.26. The molecule has 1 aromatic carbocycles. The van der Waals surface area contributed by atoms with Crippen molar-refractivity contribution in [2.45, 2.75) is 46.1 Å². The largest absolute Gasteiger partial charge is 0.301 e. The number of hydrogen-bond acceptors (Lipinski definition) is 1. The fourth-order valence-electron chi connectivity index (χ4n) is 3.00. The average Bonchev–Trinajstić information content (AvgIpc) is 2.32. The zero-order chi connectivity index (χ0) is 11.5. The third-order valence-corrected chi connectivity index (χ3v) is 4.02. The van der Waals surface area contributed by atoms with Crippen LogP contribution in [0.5, 0.6) is 0 Å². The average molecular weight is 217 g/mol. The van der Waals surface area contributed by atoms with E-state index in [2.05, 4.69) is 43.9 Å². The molecule has 1 aliphatic rings. The lowest BCUT2D eigenvalue weighted by atomic mass is 9.85. The van der Waals surface area contributed by atoms with Crippen LogP contribution in [0.15, 0.2) is 18.2 Å². The first kappa shape index (κ1) is 11.7. The summed E-state index contributed by atoms with van der Waals surface area (Å²) in [6, 6.07) is 7.53. The molecule has 0 unspecified atom stereocenters. The number of benzene rings is 1. The second-order valence-electron chi connectivity index (χ2n) is 4.83. The van der Waals surface area contributed by atoms with Crippen molar-refractivity contribution in [1.29, 1.82) is 0 Å². The van der Waals surface area contributed by atoms with Gasteiger partial charge in [-0.3, -0.25) is 0 Å². The summed E-state index contributed by atoms with van der Waals surface area (Å²) in [5.74, 6) is 0. The molecule has 16 heavy (non-hydrogen) atoms. The molecule has 1 atom stereocenters. The summed E-state index contributed by atoms with van der Waals surface area (Å²) in [5.41, 5.74) is 4.68. The highest BCUT2D eigenvalue weighted by molar-refractivity contribution is 5.37. The van der Waals surface area contributed by atoms with Crippen LogP contribution < -0.4 is 0 Å². The van der Waals surface area contributed by atoms with E-state index in [-0.39, 0.29) is 0 Å². The molecule has 1 aromatic rings. The van der Waals surface area contributed by atoms with E-state index in [1.165, 1.54) is 37.9 Å². The molecule has 0 N–H and O–H groups in total. The first-order chi connectivity index (χ1) is 7.76. The Morgan fingerprint density at radius 1 is 1.25 bits per heavy atom. The zero-order valence-corrected chi connectivity index (χ0v) is 10.8. The van der Waals surface area contributed by atoms with E-state index in [0.29, 0.717) is 0 Å². The highest BCUT2D eigenvalue weighted by Gasteiger charge is 2.23. The van der Waals surface area contributed by atoms with E-state index in [0.717, 1.165) is 6.04 Å². The molecule has 0 amide bonds. The summed E-state index contributed by atoms with van der Waals surface area (Å²) >= 11 is 0. The number of rotatable bonds is 3. The standard InChI is InChI=1S/C15H23N/c1-4-16(5-2)14-10-9-13-8-6-7-12(3)15(13)11-14/h6-8,14H,4-5,9-11H2,1-3H3/t14-/m1/s1. The fraction of sp³-hybridized carbons (Fsp3) is 0.600. The molecular weight excluding hydrogens is 194 g/mol. The molecule has 0 aliphatic heterocycles. The molecule has 1 heteroatoms. The second-order valence-corrected chi connectivity index (χ2v) is 4.83. The maximum absolute atomic E-state index is 2.61. The van der Waals surface area contributed by atoms with Crippen molar-refractivity contribution in [3.8, 4) is 0 Å². The van der Waals surface area contributed by atoms with Gasteiger partial charge < -0.3 is 4.90 Å². The molecule has 0 bridgehead atoms. The van der Waals surface area contributed by atoms with Gasteiger partial charge in [-0.25, -0.2) is 0 Å². The van der Waals surface area contributed by atoms with Crippen molar-refractivity contribution < 1.29 is 0 Å². The molecule has 1 aliphatic carbocycles. The Hall–Kier alpha value is -0.820. The van der Waals surface area contributed by atoms with Crippen molar-refractivity contribution in [1.82, 2.24) is 4.90 Å². The van der Waals surface area contributed by atoms with Crippen LogP contribution in [0.2, 0.25) is 0 Å². The maximum atomic E-state index is 2.61. The third kappa shape index (κ3) is 2.15. The molecule has 0 radical (unpaired) electrons. The minimum atomic E-state index is 0.767. The van der Waals surface area contributed by atoms with Crippen LogP contribution in [0.3, 0.4) is 0 Å². The van der Waals surface area contributed by atoms with E-state index < -0.39 is 0 Å². The molecule has 0 heterocycles. The van der Waals surface area contributed by atoms with Gasteiger partial charge in [0.15, 0.2) is 0 Å². The predicted molar refractivity (Wildman–Crippen MR) is 69.9 cm³/mol. The lowest BCUT2D eigenvalue weighted by molar-refractivity contribution is 0.198.